The smallest absolute Gasteiger partial charge is 0.120 e. The first kappa shape index (κ1) is 7.47. The Morgan fingerprint density at radius 1 is 1.42 bits per heavy atom. The Labute approximate surface area is 72.2 Å². The van der Waals surface area contributed by atoms with Gasteiger partial charge in [-0.25, -0.2) is 0 Å². The lowest BCUT2D eigenvalue weighted by atomic mass is 10.0. The highest BCUT2D eigenvalue weighted by Gasteiger charge is 2.09. The largest absolute Gasteiger partial charge is 0.508 e. The number of hydrogen-bond donors (Lipinski definition) is 2. The van der Waals surface area contributed by atoms with E-state index in [-0.39, 0.29) is 0 Å². The van der Waals surface area contributed by atoms with E-state index in [1.165, 1.54) is 12.0 Å². The fourth-order valence-corrected chi connectivity index (χ4v) is 1.63. The van der Waals surface area contributed by atoms with Crippen molar-refractivity contribution in [2.75, 3.05) is 11.9 Å². The highest BCUT2D eigenvalue weighted by Crippen LogP contribution is 2.28. The molecule has 1 aliphatic rings. The summed E-state index contributed by atoms with van der Waals surface area (Å²) in [4.78, 5) is 0. The topological polar surface area (TPSA) is 32.3 Å². The fraction of sp³-hybridized carbons (Fsp3) is 0.400. The van der Waals surface area contributed by atoms with Crippen LogP contribution in [0, 0.1) is 6.92 Å². The molecule has 0 saturated heterocycles. The van der Waals surface area contributed by atoms with Crippen LogP contribution in [-0.2, 0) is 6.42 Å². The van der Waals surface area contributed by atoms with Gasteiger partial charge in [-0.15, -0.1) is 0 Å². The van der Waals surface area contributed by atoms with Crippen LogP contribution in [0.15, 0.2) is 12.1 Å². The number of aromatic hydroxyl groups is 1. The summed E-state index contributed by atoms with van der Waals surface area (Å²) in [6.07, 6.45) is 2.32. The van der Waals surface area contributed by atoms with E-state index < -0.39 is 0 Å². The van der Waals surface area contributed by atoms with Gasteiger partial charge in [0.2, 0.25) is 0 Å². The summed E-state index contributed by atoms with van der Waals surface area (Å²) in [6.45, 7) is 2.96. The predicted octanol–water partition coefficient (Wildman–Crippen LogP) is 2.06. The lowest BCUT2D eigenvalue weighted by Gasteiger charge is -2.18. The lowest BCUT2D eigenvalue weighted by Crippen LogP contribution is -2.11. The maximum Gasteiger partial charge on any atom is 0.120 e. The summed E-state index contributed by atoms with van der Waals surface area (Å²) in [5, 5.41) is 12.7. The summed E-state index contributed by atoms with van der Waals surface area (Å²) in [6, 6.07) is 3.89. The molecule has 2 N–H and O–H groups in total. The van der Waals surface area contributed by atoms with Crippen molar-refractivity contribution >= 4 is 5.69 Å². The Hall–Kier alpha value is -1.18. The number of anilines is 1. The molecular weight excluding hydrogens is 150 g/mol. The minimum atomic E-state index is 0.392. The molecule has 0 bridgehead atoms. The van der Waals surface area contributed by atoms with Gasteiger partial charge in [0.25, 0.3) is 0 Å². The van der Waals surface area contributed by atoms with Gasteiger partial charge in [0.1, 0.15) is 5.75 Å². The van der Waals surface area contributed by atoms with Gasteiger partial charge in [-0.2, -0.15) is 0 Å². The van der Waals surface area contributed by atoms with E-state index in [1.54, 1.807) is 0 Å². The molecule has 0 amide bonds. The second-order valence-corrected chi connectivity index (χ2v) is 3.33. The molecule has 0 radical (unpaired) electrons. The van der Waals surface area contributed by atoms with E-state index in [2.05, 4.69) is 11.4 Å². The van der Waals surface area contributed by atoms with Crippen LogP contribution in [0.5, 0.6) is 5.75 Å². The molecule has 64 valence electrons. The minimum Gasteiger partial charge on any atom is -0.508 e. The normalized spacial score (nSPS) is 15.1. The molecule has 0 atom stereocenters. The second-order valence-electron chi connectivity index (χ2n) is 3.33. The molecule has 2 nitrogen and oxygen atoms in total. The third-order valence-electron chi connectivity index (χ3n) is 2.36. The van der Waals surface area contributed by atoms with Gasteiger partial charge < -0.3 is 10.4 Å². The van der Waals surface area contributed by atoms with Crippen LogP contribution >= 0.6 is 0 Å². The zero-order valence-electron chi connectivity index (χ0n) is 7.22. The number of fused-ring (bicyclic) bond motifs is 1. The maximum atomic E-state index is 9.44. The Morgan fingerprint density at radius 2 is 2.25 bits per heavy atom. The van der Waals surface area contributed by atoms with Crippen molar-refractivity contribution in [2.24, 2.45) is 0 Å². The van der Waals surface area contributed by atoms with Crippen molar-refractivity contribution in [3.63, 3.8) is 0 Å². The zero-order valence-corrected chi connectivity index (χ0v) is 7.22. The quantitative estimate of drug-likeness (QED) is 0.613. The molecule has 0 aromatic heterocycles. The van der Waals surface area contributed by atoms with Crippen LogP contribution in [-0.4, -0.2) is 11.7 Å². The predicted molar refractivity (Wildman–Crippen MR) is 49.7 cm³/mol. The molecule has 2 rings (SSSR count). The molecule has 0 spiro atoms. The number of nitrogens with one attached hydrogen (secondary N) is 1. The summed E-state index contributed by atoms with van der Waals surface area (Å²) in [5.74, 6) is 0.392. The molecule has 1 aromatic carbocycles. The van der Waals surface area contributed by atoms with Crippen LogP contribution in [0.25, 0.3) is 0 Å². The summed E-state index contributed by atoms with van der Waals surface area (Å²) in [5.41, 5.74) is 3.40. The highest BCUT2D eigenvalue weighted by atomic mass is 16.3. The van der Waals surface area contributed by atoms with Gasteiger partial charge in [0.15, 0.2) is 0 Å². The van der Waals surface area contributed by atoms with Crippen molar-refractivity contribution in [3.05, 3.63) is 23.3 Å². The number of rotatable bonds is 0. The first-order valence-corrected chi connectivity index (χ1v) is 4.34. The van der Waals surface area contributed by atoms with E-state index in [0.29, 0.717) is 5.75 Å². The Kier molecular flexibility index (Phi) is 1.68. The average molecular weight is 163 g/mol. The van der Waals surface area contributed by atoms with Crippen LogP contribution in [0.4, 0.5) is 5.69 Å². The van der Waals surface area contributed by atoms with Crippen LogP contribution < -0.4 is 5.32 Å². The monoisotopic (exact) mass is 163 g/mol. The van der Waals surface area contributed by atoms with Crippen LogP contribution in [0.2, 0.25) is 0 Å². The lowest BCUT2D eigenvalue weighted by molar-refractivity contribution is 0.471. The first-order valence-electron chi connectivity index (χ1n) is 4.34. The van der Waals surface area contributed by atoms with Gasteiger partial charge >= 0.3 is 0 Å². The van der Waals surface area contributed by atoms with E-state index in [4.69, 9.17) is 0 Å². The van der Waals surface area contributed by atoms with Gasteiger partial charge in [-0.3, -0.25) is 0 Å². The second kappa shape index (κ2) is 2.70. The van der Waals surface area contributed by atoms with Crippen LogP contribution in [0.3, 0.4) is 0 Å². The molecule has 0 unspecified atom stereocenters. The number of hydrogen-bond acceptors (Lipinski definition) is 2. The molecule has 2 heteroatoms. The summed E-state index contributed by atoms with van der Waals surface area (Å²) in [7, 11) is 0. The van der Waals surface area contributed by atoms with Gasteiger partial charge in [-0.1, -0.05) is 6.07 Å². The fourth-order valence-electron chi connectivity index (χ4n) is 1.63. The van der Waals surface area contributed by atoms with Crippen molar-refractivity contribution < 1.29 is 5.11 Å². The third-order valence-corrected chi connectivity index (χ3v) is 2.36. The van der Waals surface area contributed by atoms with E-state index in [9.17, 15) is 5.11 Å². The third kappa shape index (κ3) is 1.13. The molecule has 0 saturated carbocycles. The van der Waals surface area contributed by atoms with Crippen LogP contribution in [0.1, 0.15) is 17.5 Å². The van der Waals surface area contributed by atoms with Crippen molar-refractivity contribution in [1.29, 1.82) is 0 Å². The SMILES string of the molecule is Cc1cc2c(cc1O)NCCC2. The molecule has 1 aliphatic heterocycles. The number of phenols is 1. The van der Waals surface area contributed by atoms with Gasteiger partial charge in [0.05, 0.1) is 0 Å². The minimum absolute atomic E-state index is 0.392. The van der Waals surface area contributed by atoms with E-state index in [0.717, 1.165) is 24.2 Å². The molecule has 1 heterocycles. The Morgan fingerprint density at radius 3 is 3.08 bits per heavy atom. The molecular formula is C10H13NO. The van der Waals surface area contributed by atoms with Crippen molar-refractivity contribution in [2.45, 2.75) is 19.8 Å². The molecule has 1 aromatic rings. The highest BCUT2D eigenvalue weighted by molar-refractivity contribution is 5.58. The maximum absolute atomic E-state index is 9.44. The Bertz CT molecular complexity index is 276. The molecule has 0 aliphatic carbocycles. The van der Waals surface area contributed by atoms with E-state index in [1.807, 2.05) is 13.0 Å². The van der Waals surface area contributed by atoms with Gasteiger partial charge in [0, 0.05) is 18.3 Å². The van der Waals surface area contributed by atoms with Gasteiger partial charge in [-0.05, 0) is 30.9 Å². The zero-order chi connectivity index (χ0) is 8.55. The number of phenolic OH excluding ortho intramolecular Hbond substituents is 1. The standard InChI is InChI=1S/C10H13NO/c1-7-5-8-3-2-4-11-9(8)6-10(7)12/h5-6,11-12H,2-4H2,1H3. The number of benzene rings is 1. The first-order chi connectivity index (χ1) is 5.77. The average Bonchev–Trinajstić information content (AvgIpc) is 2.07. The van der Waals surface area contributed by atoms with Crippen molar-refractivity contribution in [1.82, 2.24) is 0 Å². The summed E-state index contributed by atoms with van der Waals surface area (Å²) >= 11 is 0. The summed E-state index contributed by atoms with van der Waals surface area (Å²) < 4.78 is 0. The number of aryl methyl sites for hydroxylation is 2. The van der Waals surface area contributed by atoms with E-state index >= 15 is 0 Å². The molecule has 0 fully saturated rings. The van der Waals surface area contributed by atoms with Crippen molar-refractivity contribution in [3.8, 4) is 5.75 Å². The molecule has 12 heavy (non-hydrogen) atoms. The Balaban J connectivity index is 2.49.